The van der Waals surface area contributed by atoms with Crippen LogP contribution in [-0.4, -0.2) is 39.9 Å². The fourth-order valence-electron chi connectivity index (χ4n) is 5.69. The molecule has 6 heteroatoms. The van der Waals surface area contributed by atoms with E-state index in [1.54, 1.807) is 0 Å². The van der Waals surface area contributed by atoms with E-state index < -0.39 is 22.9 Å². The van der Waals surface area contributed by atoms with Crippen LogP contribution < -0.4 is 0 Å². The van der Waals surface area contributed by atoms with Gasteiger partial charge < -0.3 is 9.16 Å². The molecule has 2 unspecified atom stereocenters. The van der Waals surface area contributed by atoms with Gasteiger partial charge in [-0.2, -0.15) is 0 Å². The second-order valence-electron chi connectivity index (χ2n) is 10.7. The zero-order valence-corrected chi connectivity index (χ0v) is 22.1. The van der Waals surface area contributed by atoms with E-state index in [2.05, 4.69) is 41.5 Å². The largest absolute Gasteiger partial charge is 0.416 e. The maximum atomic E-state index is 13.3. The first-order valence-electron chi connectivity index (χ1n) is 12.1. The molecule has 2 aliphatic carbocycles. The van der Waals surface area contributed by atoms with E-state index in [1.807, 2.05) is 30.3 Å². The van der Waals surface area contributed by atoms with Crippen molar-refractivity contribution in [1.29, 1.82) is 0 Å². The summed E-state index contributed by atoms with van der Waals surface area (Å²) in [6, 6.07) is 9.96. The molecule has 176 valence electrons. The van der Waals surface area contributed by atoms with Gasteiger partial charge in [0.1, 0.15) is 0 Å². The maximum Gasteiger partial charge on any atom is 0.200 e. The summed E-state index contributed by atoms with van der Waals surface area (Å²) < 4.78 is 38.5. The summed E-state index contributed by atoms with van der Waals surface area (Å²) in [5, 5.41) is -0.188. The third-order valence-corrected chi connectivity index (χ3v) is 16.9. The number of rotatable bonds is 13. The van der Waals surface area contributed by atoms with Crippen LogP contribution in [0, 0.1) is 5.92 Å². The smallest absolute Gasteiger partial charge is 0.200 e. The molecule has 1 aromatic carbocycles. The number of sulfone groups is 1. The average molecular weight is 467 g/mol. The molecule has 0 aromatic heterocycles. The summed E-state index contributed by atoms with van der Waals surface area (Å²) in [6.07, 6.45) is 3.15. The van der Waals surface area contributed by atoms with Crippen molar-refractivity contribution < 1.29 is 17.6 Å². The lowest BCUT2D eigenvalue weighted by Gasteiger charge is -2.42. The Kier molecular flexibility index (Phi) is 7.77. The van der Waals surface area contributed by atoms with Crippen molar-refractivity contribution >= 4 is 18.2 Å². The zero-order valence-electron chi connectivity index (χ0n) is 20.3. The molecule has 0 saturated heterocycles. The third-order valence-electron chi connectivity index (χ3n) is 7.69. The molecule has 0 bridgehead atoms. The lowest BCUT2D eigenvalue weighted by molar-refractivity contribution is 0.116. The van der Waals surface area contributed by atoms with Crippen LogP contribution in [0.15, 0.2) is 30.3 Å². The van der Waals surface area contributed by atoms with Crippen LogP contribution in [0.5, 0.6) is 0 Å². The van der Waals surface area contributed by atoms with Gasteiger partial charge in [0.2, 0.25) is 0 Å². The van der Waals surface area contributed by atoms with Crippen LogP contribution >= 0.6 is 0 Å². The minimum Gasteiger partial charge on any atom is -0.416 e. The molecule has 4 nitrogen and oxygen atoms in total. The molecule has 0 spiro atoms. The van der Waals surface area contributed by atoms with Crippen molar-refractivity contribution in [2.24, 2.45) is 5.92 Å². The van der Waals surface area contributed by atoms with Crippen LogP contribution in [0.4, 0.5) is 0 Å². The Balaban J connectivity index is 1.51. The Hall–Kier alpha value is -0.693. The summed E-state index contributed by atoms with van der Waals surface area (Å²) in [5.74, 6) is 0.259. The molecule has 2 atom stereocenters. The van der Waals surface area contributed by atoms with Crippen molar-refractivity contribution in [2.45, 2.75) is 100 Å². The molecule has 0 N–H and O–H groups in total. The quantitative estimate of drug-likeness (QED) is 0.329. The second-order valence-corrected chi connectivity index (χ2v) is 18.7. The Morgan fingerprint density at radius 1 is 1.00 bits per heavy atom. The van der Waals surface area contributed by atoms with E-state index in [9.17, 15) is 8.42 Å². The minimum atomic E-state index is -3.14. The lowest BCUT2D eigenvalue weighted by atomic mass is 10.2. The normalized spacial score (nSPS) is 23.0. The highest BCUT2D eigenvalue weighted by atomic mass is 32.2. The predicted molar refractivity (Wildman–Crippen MR) is 130 cm³/mol. The Labute approximate surface area is 191 Å². The predicted octanol–water partition coefficient (Wildman–Crippen LogP) is 6.12. The van der Waals surface area contributed by atoms with Gasteiger partial charge in [0.25, 0.3) is 0 Å². The third kappa shape index (κ3) is 5.12. The first-order valence-corrected chi connectivity index (χ1v) is 15.7. The van der Waals surface area contributed by atoms with Gasteiger partial charge in [-0.05, 0) is 53.8 Å². The van der Waals surface area contributed by atoms with Crippen molar-refractivity contribution in [2.75, 3.05) is 13.2 Å². The molecule has 1 aromatic rings. The molecule has 2 aliphatic rings. The van der Waals surface area contributed by atoms with Crippen molar-refractivity contribution in [3.63, 3.8) is 0 Å². The van der Waals surface area contributed by atoms with E-state index in [4.69, 9.17) is 9.16 Å². The summed E-state index contributed by atoms with van der Waals surface area (Å²) in [7, 11) is -5.02. The molecule has 3 rings (SSSR count). The summed E-state index contributed by atoms with van der Waals surface area (Å²) in [4.78, 5) is 0. The maximum absolute atomic E-state index is 13.3. The standard InChI is InChI=1S/C25H42O4SSi/c1-19(2)31(20(3)4,21(5)6)29-15-12-23-16-24(23)30(26,27)25(13-14-25)18-28-17-22-10-8-7-9-11-22/h7-11,19-21,23-24H,12-18H2,1-6H3. The molecular weight excluding hydrogens is 424 g/mol. The van der Waals surface area contributed by atoms with E-state index >= 15 is 0 Å². The van der Waals surface area contributed by atoms with E-state index in [-0.39, 0.29) is 11.2 Å². The zero-order chi connectivity index (χ0) is 22.9. The molecule has 0 radical (unpaired) electrons. The fourth-order valence-corrected chi connectivity index (χ4v) is 13.9. The molecule has 31 heavy (non-hydrogen) atoms. The summed E-state index contributed by atoms with van der Waals surface area (Å²) >= 11 is 0. The van der Waals surface area contributed by atoms with Gasteiger partial charge in [0, 0.05) is 6.61 Å². The summed E-state index contributed by atoms with van der Waals surface area (Å²) in [5.41, 5.74) is 2.76. The molecule has 0 amide bonds. The minimum absolute atomic E-state index is 0.188. The van der Waals surface area contributed by atoms with E-state index in [0.29, 0.717) is 36.4 Å². The molecule has 2 saturated carbocycles. The van der Waals surface area contributed by atoms with Crippen LogP contribution in [0.1, 0.15) is 72.8 Å². The van der Waals surface area contributed by atoms with Gasteiger partial charge in [-0.15, -0.1) is 0 Å². The Morgan fingerprint density at radius 2 is 1.58 bits per heavy atom. The average Bonchev–Trinajstić information content (AvgIpc) is 3.60. The van der Waals surface area contributed by atoms with Gasteiger partial charge in [0.05, 0.1) is 23.2 Å². The van der Waals surface area contributed by atoms with Gasteiger partial charge in [-0.1, -0.05) is 71.9 Å². The topological polar surface area (TPSA) is 52.6 Å². The van der Waals surface area contributed by atoms with Crippen LogP contribution in [0.3, 0.4) is 0 Å². The highest BCUT2D eigenvalue weighted by Crippen LogP contribution is 2.53. The van der Waals surface area contributed by atoms with Gasteiger partial charge in [-0.25, -0.2) is 8.42 Å². The van der Waals surface area contributed by atoms with Crippen LogP contribution in [0.25, 0.3) is 0 Å². The number of benzene rings is 1. The van der Waals surface area contributed by atoms with E-state index in [0.717, 1.165) is 31.2 Å². The first-order chi connectivity index (χ1) is 14.6. The van der Waals surface area contributed by atoms with Crippen LogP contribution in [0.2, 0.25) is 16.6 Å². The van der Waals surface area contributed by atoms with Gasteiger partial charge in [-0.3, -0.25) is 0 Å². The fraction of sp³-hybridized carbons (Fsp3) is 0.760. The van der Waals surface area contributed by atoms with E-state index in [1.165, 1.54) is 0 Å². The van der Waals surface area contributed by atoms with Crippen molar-refractivity contribution in [3.05, 3.63) is 35.9 Å². The molecule has 0 heterocycles. The van der Waals surface area contributed by atoms with Gasteiger partial charge in [0.15, 0.2) is 18.2 Å². The molecular formula is C25H42O4SSi. The summed E-state index contributed by atoms with van der Waals surface area (Å²) in [6.45, 7) is 15.3. The highest BCUT2D eigenvalue weighted by molar-refractivity contribution is 7.94. The first kappa shape index (κ1) is 24.9. The SMILES string of the molecule is CC(C)[Si](OCCC1CC1S(=O)(=O)C1(COCc2ccccc2)CC1)(C(C)C)C(C)C. The van der Waals surface area contributed by atoms with Crippen molar-refractivity contribution in [3.8, 4) is 0 Å². The van der Waals surface area contributed by atoms with Gasteiger partial charge >= 0.3 is 0 Å². The second kappa shape index (κ2) is 9.66. The van der Waals surface area contributed by atoms with Crippen molar-refractivity contribution in [1.82, 2.24) is 0 Å². The number of hydrogen-bond donors (Lipinski definition) is 0. The number of hydrogen-bond acceptors (Lipinski definition) is 4. The highest BCUT2D eigenvalue weighted by Gasteiger charge is 2.62. The Bertz CT molecular complexity index is 793. The Morgan fingerprint density at radius 3 is 2.10 bits per heavy atom. The number of ether oxygens (including phenoxy) is 1. The van der Waals surface area contributed by atoms with Crippen LogP contribution in [-0.2, 0) is 25.6 Å². The monoisotopic (exact) mass is 466 g/mol. The molecule has 2 fully saturated rings. The lowest BCUT2D eigenvalue weighted by Crippen LogP contribution is -2.48. The molecule has 0 aliphatic heterocycles.